The Balaban J connectivity index is 1.78. The van der Waals surface area contributed by atoms with Gasteiger partial charge in [-0.15, -0.1) is 0 Å². The lowest BCUT2D eigenvalue weighted by Gasteiger charge is -2.25. The molecule has 6 heteroatoms. The molecule has 3 rings (SSSR count). The molecule has 2 aromatic rings. The third kappa shape index (κ3) is 2.87. The molecule has 112 valence electrons. The Morgan fingerprint density at radius 1 is 1.38 bits per heavy atom. The zero-order chi connectivity index (χ0) is 14.9. The number of nitrogens with zero attached hydrogens (tertiary/aromatic N) is 1. The van der Waals surface area contributed by atoms with Gasteiger partial charge in [0.05, 0.1) is 23.4 Å². The fraction of sp³-hybridized carbons (Fsp3) is 0.400. The second-order valence-electron chi connectivity index (χ2n) is 5.15. The number of oxazole rings is 1. The van der Waals surface area contributed by atoms with Crippen molar-refractivity contribution in [2.45, 2.75) is 37.2 Å². The first-order valence-corrected chi connectivity index (χ1v) is 8.74. The molecule has 1 aromatic carbocycles. The first-order chi connectivity index (χ1) is 10.1. The Morgan fingerprint density at radius 3 is 2.95 bits per heavy atom. The average molecular weight is 306 g/mol. The highest BCUT2D eigenvalue weighted by molar-refractivity contribution is 7.91. The molecule has 2 heterocycles. The van der Waals surface area contributed by atoms with Gasteiger partial charge in [0.1, 0.15) is 5.76 Å². The predicted octanol–water partition coefficient (Wildman–Crippen LogP) is 2.25. The Labute approximate surface area is 124 Å². The maximum atomic E-state index is 12.1. The van der Waals surface area contributed by atoms with Crippen molar-refractivity contribution in [1.82, 2.24) is 10.3 Å². The molecule has 1 unspecified atom stereocenters. The van der Waals surface area contributed by atoms with Crippen LogP contribution in [0.25, 0.3) is 0 Å². The molecule has 0 saturated carbocycles. The molecular formula is C15H18N2O3S. The highest BCUT2D eigenvalue weighted by atomic mass is 32.2. The summed E-state index contributed by atoms with van der Waals surface area (Å²) in [4.78, 5) is 4.65. The number of benzene rings is 1. The van der Waals surface area contributed by atoms with Crippen LogP contribution in [0, 0.1) is 0 Å². The number of sulfone groups is 1. The molecule has 0 saturated heterocycles. The van der Waals surface area contributed by atoms with Crippen molar-refractivity contribution < 1.29 is 12.8 Å². The summed E-state index contributed by atoms with van der Waals surface area (Å²) in [6, 6.07) is 7.20. The van der Waals surface area contributed by atoms with Crippen molar-refractivity contribution in [3.05, 3.63) is 47.7 Å². The smallest absolute Gasteiger partial charge is 0.208 e. The van der Waals surface area contributed by atoms with Crippen LogP contribution in [-0.2, 0) is 22.8 Å². The van der Waals surface area contributed by atoms with Crippen molar-refractivity contribution in [3.63, 3.8) is 0 Å². The summed E-state index contributed by atoms with van der Waals surface area (Å²) >= 11 is 0. The summed E-state index contributed by atoms with van der Waals surface area (Å²) in [5.74, 6) is 1.67. The number of aromatic nitrogens is 1. The minimum atomic E-state index is -3.14. The van der Waals surface area contributed by atoms with Crippen LogP contribution in [0.1, 0.15) is 36.6 Å². The lowest BCUT2D eigenvalue weighted by atomic mass is 10.0. The SMILES string of the molecule is CCc1cnc(CNC2CCS(=O)(=O)c3ccccc32)o1. The minimum Gasteiger partial charge on any atom is -0.444 e. The normalized spacial score (nSPS) is 20.1. The Bertz CT molecular complexity index is 737. The van der Waals surface area contributed by atoms with Gasteiger partial charge in [0.25, 0.3) is 0 Å². The maximum Gasteiger partial charge on any atom is 0.208 e. The molecule has 1 aliphatic heterocycles. The molecule has 21 heavy (non-hydrogen) atoms. The molecule has 1 aliphatic rings. The van der Waals surface area contributed by atoms with Crippen molar-refractivity contribution in [3.8, 4) is 0 Å². The summed E-state index contributed by atoms with van der Waals surface area (Å²) < 4.78 is 29.7. The minimum absolute atomic E-state index is 0.0155. The first-order valence-electron chi connectivity index (χ1n) is 7.09. The standard InChI is InChI=1S/C15H18N2O3S/c1-2-11-9-17-15(20-11)10-16-13-7-8-21(18,19)14-6-4-3-5-12(13)14/h3-6,9,13,16H,2,7-8,10H2,1H3. The molecule has 0 aliphatic carbocycles. The fourth-order valence-corrected chi connectivity index (χ4v) is 4.23. The second kappa shape index (κ2) is 5.61. The van der Waals surface area contributed by atoms with Crippen LogP contribution in [0.2, 0.25) is 0 Å². The van der Waals surface area contributed by atoms with E-state index in [1.807, 2.05) is 19.1 Å². The largest absolute Gasteiger partial charge is 0.444 e. The van der Waals surface area contributed by atoms with E-state index in [-0.39, 0.29) is 11.8 Å². The van der Waals surface area contributed by atoms with E-state index in [1.165, 1.54) is 0 Å². The van der Waals surface area contributed by atoms with Crippen LogP contribution in [-0.4, -0.2) is 19.2 Å². The number of rotatable bonds is 4. The first kappa shape index (κ1) is 14.3. The van der Waals surface area contributed by atoms with Crippen LogP contribution < -0.4 is 5.32 Å². The predicted molar refractivity (Wildman–Crippen MR) is 78.6 cm³/mol. The molecular weight excluding hydrogens is 288 g/mol. The third-order valence-electron chi connectivity index (χ3n) is 3.75. The highest BCUT2D eigenvalue weighted by Gasteiger charge is 2.29. The van der Waals surface area contributed by atoms with Gasteiger partial charge in [-0.1, -0.05) is 25.1 Å². The molecule has 0 spiro atoms. The zero-order valence-electron chi connectivity index (χ0n) is 11.9. The molecule has 1 N–H and O–H groups in total. The number of hydrogen-bond donors (Lipinski definition) is 1. The van der Waals surface area contributed by atoms with Crippen LogP contribution >= 0.6 is 0 Å². The highest BCUT2D eigenvalue weighted by Crippen LogP contribution is 2.31. The second-order valence-corrected chi connectivity index (χ2v) is 7.23. The monoisotopic (exact) mass is 306 g/mol. The van der Waals surface area contributed by atoms with Crippen LogP contribution in [0.3, 0.4) is 0 Å². The number of nitrogens with one attached hydrogen (secondary N) is 1. The molecule has 1 atom stereocenters. The number of fused-ring (bicyclic) bond motifs is 1. The van der Waals surface area contributed by atoms with E-state index in [0.29, 0.717) is 23.8 Å². The van der Waals surface area contributed by atoms with E-state index in [1.54, 1.807) is 18.3 Å². The van der Waals surface area contributed by atoms with Crippen molar-refractivity contribution in [2.75, 3.05) is 5.75 Å². The molecule has 1 aromatic heterocycles. The van der Waals surface area contributed by atoms with Gasteiger partial charge in [-0.05, 0) is 18.1 Å². The maximum absolute atomic E-state index is 12.1. The van der Waals surface area contributed by atoms with Gasteiger partial charge in [-0.3, -0.25) is 0 Å². The van der Waals surface area contributed by atoms with Gasteiger partial charge in [-0.2, -0.15) is 0 Å². The van der Waals surface area contributed by atoms with Crippen molar-refractivity contribution in [1.29, 1.82) is 0 Å². The Kier molecular flexibility index (Phi) is 3.82. The van der Waals surface area contributed by atoms with Gasteiger partial charge < -0.3 is 9.73 Å². The zero-order valence-corrected chi connectivity index (χ0v) is 12.7. The molecule has 5 nitrogen and oxygen atoms in total. The van der Waals surface area contributed by atoms with Gasteiger partial charge in [-0.25, -0.2) is 13.4 Å². The fourth-order valence-electron chi connectivity index (χ4n) is 2.61. The summed E-state index contributed by atoms with van der Waals surface area (Å²) in [5, 5.41) is 3.35. The van der Waals surface area contributed by atoms with E-state index < -0.39 is 9.84 Å². The van der Waals surface area contributed by atoms with Gasteiger partial charge in [0.2, 0.25) is 5.89 Å². The van der Waals surface area contributed by atoms with Crippen LogP contribution in [0.4, 0.5) is 0 Å². The van der Waals surface area contributed by atoms with E-state index in [0.717, 1.165) is 17.7 Å². The van der Waals surface area contributed by atoms with Crippen LogP contribution in [0.15, 0.2) is 39.8 Å². The molecule has 0 radical (unpaired) electrons. The third-order valence-corrected chi connectivity index (χ3v) is 5.57. The van der Waals surface area contributed by atoms with E-state index in [9.17, 15) is 8.42 Å². The van der Waals surface area contributed by atoms with E-state index >= 15 is 0 Å². The molecule has 0 fully saturated rings. The number of hydrogen-bond acceptors (Lipinski definition) is 5. The Hall–Kier alpha value is -1.66. The van der Waals surface area contributed by atoms with Gasteiger partial charge in [0.15, 0.2) is 9.84 Å². The van der Waals surface area contributed by atoms with Gasteiger partial charge >= 0.3 is 0 Å². The lowest BCUT2D eigenvalue weighted by Crippen LogP contribution is -2.29. The summed E-state index contributed by atoms with van der Waals surface area (Å²) in [6.07, 6.45) is 3.12. The molecule has 0 bridgehead atoms. The van der Waals surface area contributed by atoms with Crippen molar-refractivity contribution in [2.24, 2.45) is 0 Å². The van der Waals surface area contributed by atoms with Gasteiger partial charge in [0, 0.05) is 12.5 Å². The topological polar surface area (TPSA) is 72.2 Å². The molecule has 0 amide bonds. The summed E-state index contributed by atoms with van der Waals surface area (Å²) in [5.41, 5.74) is 0.839. The van der Waals surface area contributed by atoms with E-state index in [2.05, 4.69) is 10.3 Å². The van der Waals surface area contributed by atoms with Crippen molar-refractivity contribution >= 4 is 9.84 Å². The Morgan fingerprint density at radius 2 is 2.19 bits per heavy atom. The van der Waals surface area contributed by atoms with Crippen LogP contribution in [0.5, 0.6) is 0 Å². The summed E-state index contributed by atoms with van der Waals surface area (Å²) in [7, 11) is -3.14. The average Bonchev–Trinajstić information content (AvgIpc) is 2.95. The number of aryl methyl sites for hydroxylation is 1. The quantitative estimate of drug-likeness (QED) is 0.938. The van der Waals surface area contributed by atoms with E-state index in [4.69, 9.17) is 4.42 Å². The summed E-state index contributed by atoms with van der Waals surface area (Å²) in [6.45, 7) is 2.51. The lowest BCUT2D eigenvalue weighted by molar-refractivity contribution is 0.408.